The number of para-hydroxylation sites is 2. The fourth-order valence-electron chi connectivity index (χ4n) is 3.94. The summed E-state index contributed by atoms with van der Waals surface area (Å²) in [5.74, 6) is 0.710. The van der Waals surface area contributed by atoms with Gasteiger partial charge in [-0.25, -0.2) is 0 Å². The van der Waals surface area contributed by atoms with Crippen molar-refractivity contribution in [1.29, 1.82) is 0 Å². The Kier molecular flexibility index (Phi) is 6.35. The molecular weight excluding hydrogens is 346 g/mol. The number of carbonyl (C=O) groups is 1. The van der Waals surface area contributed by atoms with E-state index >= 15 is 0 Å². The van der Waals surface area contributed by atoms with E-state index in [1.165, 1.54) is 25.7 Å². The van der Waals surface area contributed by atoms with Crippen molar-refractivity contribution in [3.8, 4) is 5.75 Å². The number of phenols is 1. The highest BCUT2D eigenvalue weighted by atomic mass is 32.1. The van der Waals surface area contributed by atoms with Gasteiger partial charge in [-0.15, -0.1) is 0 Å². The van der Waals surface area contributed by atoms with Crippen molar-refractivity contribution in [3.63, 3.8) is 0 Å². The summed E-state index contributed by atoms with van der Waals surface area (Å²) in [6.45, 7) is 3.90. The standard InChI is InChI=1S/C20H29N3O2S/c1-14-6-2-3-7-16(14)22-20(26)23-12-10-15(11-13-23)19(25)21-17-8-4-5-9-18(17)24/h4-5,8-9,14-16,24H,2-3,6-7,10-13H2,1H3,(H,21,25)(H,22,26)/t14-,16+/m0/s1. The number of aromatic hydroxyl groups is 1. The van der Waals surface area contributed by atoms with E-state index in [2.05, 4.69) is 22.5 Å². The predicted octanol–water partition coefficient (Wildman–Crippen LogP) is 3.50. The Morgan fingerprint density at radius 3 is 2.54 bits per heavy atom. The number of phenolic OH excluding ortho intramolecular Hbond substituents is 1. The van der Waals surface area contributed by atoms with Gasteiger partial charge in [-0.3, -0.25) is 4.79 Å². The zero-order chi connectivity index (χ0) is 18.5. The molecule has 0 unspecified atom stereocenters. The molecular formula is C20H29N3O2S. The summed E-state index contributed by atoms with van der Waals surface area (Å²) in [6, 6.07) is 7.32. The van der Waals surface area contributed by atoms with Crippen LogP contribution in [0.1, 0.15) is 45.4 Å². The highest BCUT2D eigenvalue weighted by Gasteiger charge is 2.28. The van der Waals surface area contributed by atoms with E-state index in [4.69, 9.17) is 12.2 Å². The molecule has 3 N–H and O–H groups in total. The quantitative estimate of drug-likeness (QED) is 0.557. The number of likely N-dealkylation sites (tertiary alicyclic amines) is 1. The van der Waals surface area contributed by atoms with Crippen LogP contribution in [-0.2, 0) is 4.79 Å². The summed E-state index contributed by atoms with van der Waals surface area (Å²) in [6.07, 6.45) is 6.63. The molecule has 1 heterocycles. The number of thiocarbonyl (C=S) groups is 1. The average Bonchev–Trinajstić information content (AvgIpc) is 2.65. The van der Waals surface area contributed by atoms with Gasteiger partial charge < -0.3 is 20.6 Å². The van der Waals surface area contributed by atoms with E-state index in [-0.39, 0.29) is 17.6 Å². The normalized spacial score (nSPS) is 24.1. The van der Waals surface area contributed by atoms with E-state index in [0.29, 0.717) is 17.6 Å². The van der Waals surface area contributed by atoms with Crippen LogP contribution in [0.5, 0.6) is 5.75 Å². The van der Waals surface area contributed by atoms with Crippen molar-refractivity contribution in [2.24, 2.45) is 11.8 Å². The number of nitrogens with one attached hydrogen (secondary N) is 2. The number of anilines is 1. The third-order valence-electron chi connectivity index (χ3n) is 5.74. The highest BCUT2D eigenvalue weighted by molar-refractivity contribution is 7.80. The van der Waals surface area contributed by atoms with Crippen LogP contribution in [0, 0.1) is 11.8 Å². The Bertz CT molecular complexity index is 644. The molecule has 1 aromatic rings. The molecule has 0 bridgehead atoms. The van der Waals surface area contributed by atoms with Gasteiger partial charge in [0.15, 0.2) is 5.11 Å². The first-order chi connectivity index (χ1) is 12.5. The van der Waals surface area contributed by atoms with Gasteiger partial charge in [0.05, 0.1) is 5.69 Å². The maximum absolute atomic E-state index is 12.5. The summed E-state index contributed by atoms with van der Waals surface area (Å²) in [4.78, 5) is 14.7. The smallest absolute Gasteiger partial charge is 0.227 e. The SMILES string of the molecule is C[C@H]1CCCC[C@H]1NC(=S)N1CCC(C(=O)Nc2ccccc2O)CC1. The first kappa shape index (κ1) is 19.0. The average molecular weight is 376 g/mol. The highest BCUT2D eigenvalue weighted by Crippen LogP contribution is 2.26. The maximum Gasteiger partial charge on any atom is 0.227 e. The van der Waals surface area contributed by atoms with E-state index in [0.717, 1.165) is 31.0 Å². The lowest BCUT2D eigenvalue weighted by molar-refractivity contribution is -0.121. The van der Waals surface area contributed by atoms with Crippen molar-refractivity contribution >= 4 is 28.9 Å². The number of benzene rings is 1. The Balaban J connectivity index is 1.47. The molecule has 0 spiro atoms. The molecule has 1 aliphatic carbocycles. The second-order valence-corrected chi connectivity index (χ2v) is 7.97. The first-order valence-corrected chi connectivity index (χ1v) is 10.1. The number of nitrogens with zero attached hydrogens (tertiary/aromatic N) is 1. The largest absolute Gasteiger partial charge is 0.506 e. The molecule has 1 aromatic carbocycles. The molecule has 2 fully saturated rings. The molecule has 6 heteroatoms. The number of hydrogen-bond acceptors (Lipinski definition) is 3. The van der Waals surface area contributed by atoms with E-state index in [1.807, 2.05) is 0 Å². The summed E-state index contributed by atoms with van der Waals surface area (Å²) < 4.78 is 0. The third kappa shape index (κ3) is 4.67. The molecule has 3 rings (SSSR count). The van der Waals surface area contributed by atoms with Crippen LogP contribution in [-0.4, -0.2) is 40.2 Å². The van der Waals surface area contributed by atoms with Gasteiger partial charge in [0.1, 0.15) is 5.75 Å². The lowest BCUT2D eigenvalue weighted by Crippen LogP contribution is -2.50. The van der Waals surface area contributed by atoms with E-state index < -0.39 is 0 Å². The molecule has 5 nitrogen and oxygen atoms in total. The molecule has 1 aliphatic heterocycles. The van der Waals surface area contributed by atoms with Crippen LogP contribution in [0.25, 0.3) is 0 Å². The second-order valence-electron chi connectivity index (χ2n) is 7.59. The summed E-state index contributed by atoms with van der Waals surface area (Å²) in [5.41, 5.74) is 0.475. The first-order valence-electron chi connectivity index (χ1n) is 9.69. The van der Waals surface area contributed by atoms with Crippen LogP contribution in [0.15, 0.2) is 24.3 Å². The minimum atomic E-state index is -0.0396. The number of hydrogen-bond donors (Lipinski definition) is 3. The van der Waals surface area contributed by atoms with Crippen LogP contribution in [0.4, 0.5) is 5.69 Å². The van der Waals surface area contributed by atoms with Crippen LogP contribution in [0.2, 0.25) is 0 Å². The van der Waals surface area contributed by atoms with Gasteiger partial charge in [-0.05, 0) is 56.0 Å². The van der Waals surface area contributed by atoms with Crippen molar-refractivity contribution in [2.75, 3.05) is 18.4 Å². The van der Waals surface area contributed by atoms with E-state index in [9.17, 15) is 9.90 Å². The van der Waals surface area contributed by atoms with Gasteiger partial charge >= 0.3 is 0 Å². The minimum Gasteiger partial charge on any atom is -0.506 e. The Labute approximate surface area is 161 Å². The summed E-state index contributed by atoms with van der Waals surface area (Å²) in [5, 5.41) is 17.0. The van der Waals surface area contributed by atoms with Crippen molar-refractivity contribution in [3.05, 3.63) is 24.3 Å². The fraction of sp³-hybridized carbons (Fsp3) is 0.600. The molecule has 142 valence electrons. The van der Waals surface area contributed by atoms with Gasteiger partial charge in [0, 0.05) is 25.0 Å². The minimum absolute atomic E-state index is 0.0223. The van der Waals surface area contributed by atoms with Gasteiger partial charge in [0.2, 0.25) is 5.91 Å². The number of amides is 1. The van der Waals surface area contributed by atoms with E-state index in [1.54, 1.807) is 24.3 Å². The van der Waals surface area contributed by atoms with Gasteiger partial charge in [-0.2, -0.15) is 0 Å². The second kappa shape index (κ2) is 8.71. The van der Waals surface area contributed by atoms with Gasteiger partial charge in [0.25, 0.3) is 0 Å². The Morgan fingerprint density at radius 2 is 1.85 bits per heavy atom. The number of carbonyl (C=O) groups excluding carboxylic acids is 1. The molecule has 2 aliphatic rings. The zero-order valence-electron chi connectivity index (χ0n) is 15.4. The van der Waals surface area contributed by atoms with Crippen molar-refractivity contribution < 1.29 is 9.90 Å². The van der Waals surface area contributed by atoms with Crippen molar-refractivity contribution in [2.45, 2.75) is 51.5 Å². The zero-order valence-corrected chi connectivity index (χ0v) is 16.2. The molecule has 0 aromatic heterocycles. The fourth-order valence-corrected chi connectivity index (χ4v) is 4.27. The Hall–Kier alpha value is -1.82. The Morgan fingerprint density at radius 1 is 1.15 bits per heavy atom. The number of rotatable bonds is 3. The van der Waals surface area contributed by atoms with Crippen LogP contribution >= 0.6 is 12.2 Å². The maximum atomic E-state index is 12.5. The predicted molar refractivity (Wildman–Crippen MR) is 108 cm³/mol. The van der Waals surface area contributed by atoms with Crippen molar-refractivity contribution in [1.82, 2.24) is 10.2 Å². The van der Waals surface area contributed by atoms with Crippen LogP contribution in [0.3, 0.4) is 0 Å². The lowest BCUT2D eigenvalue weighted by atomic mass is 9.86. The van der Waals surface area contributed by atoms with Gasteiger partial charge in [-0.1, -0.05) is 31.9 Å². The van der Waals surface area contributed by atoms with Crippen LogP contribution < -0.4 is 10.6 Å². The number of piperidine rings is 1. The molecule has 1 amide bonds. The lowest BCUT2D eigenvalue weighted by Gasteiger charge is -2.37. The molecule has 2 atom stereocenters. The molecule has 0 radical (unpaired) electrons. The summed E-state index contributed by atoms with van der Waals surface area (Å²) >= 11 is 5.62. The monoisotopic (exact) mass is 375 g/mol. The third-order valence-corrected chi connectivity index (χ3v) is 6.11. The molecule has 1 saturated carbocycles. The molecule has 1 saturated heterocycles. The topological polar surface area (TPSA) is 64.6 Å². The summed E-state index contributed by atoms with van der Waals surface area (Å²) in [7, 11) is 0. The molecule has 26 heavy (non-hydrogen) atoms.